The minimum Gasteiger partial charge on any atom is -0.456 e. The number of para-hydroxylation sites is 1. The van der Waals surface area contributed by atoms with Gasteiger partial charge in [0, 0.05) is 27.8 Å². The molecular weight excluding hydrogens is 399 g/mol. The van der Waals surface area contributed by atoms with Crippen LogP contribution >= 0.6 is 11.3 Å². The van der Waals surface area contributed by atoms with Crippen LogP contribution in [0.1, 0.15) is 5.56 Å². The molecule has 0 fully saturated rings. The van der Waals surface area contributed by atoms with Crippen molar-refractivity contribution in [1.29, 1.82) is 0 Å². The largest absolute Gasteiger partial charge is 0.456 e. The summed E-state index contributed by atoms with van der Waals surface area (Å²) < 4.78 is 18.8. The first kappa shape index (κ1) is 18.3. The van der Waals surface area contributed by atoms with Crippen molar-refractivity contribution in [2.45, 2.75) is 0 Å². The van der Waals surface area contributed by atoms with E-state index in [1.165, 1.54) is 29.5 Å². The maximum atomic E-state index is 12.9. The zero-order valence-corrected chi connectivity index (χ0v) is 16.4. The second kappa shape index (κ2) is 7.57. The summed E-state index contributed by atoms with van der Waals surface area (Å²) in [6.07, 6.45) is 3.03. The lowest BCUT2D eigenvalue weighted by atomic mass is 10.1. The van der Waals surface area contributed by atoms with Crippen LogP contribution in [0.4, 0.5) is 9.52 Å². The molecule has 2 heterocycles. The third-order valence-electron chi connectivity index (χ3n) is 4.70. The molecule has 0 saturated heterocycles. The topological polar surface area (TPSA) is 55.1 Å². The number of hydrogen-bond acceptors (Lipinski definition) is 4. The SMILES string of the molecule is O=C(/C=C/c1ccc(F)cc1)Nc1nc(-c2ccc3oc4ccccc4c3c2)cs1. The molecule has 0 spiro atoms. The number of carbonyl (C=O) groups excluding carboxylic acids is 1. The summed E-state index contributed by atoms with van der Waals surface area (Å²) in [6, 6.07) is 19.8. The molecule has 4 nitrogen and oxygen atoms in total. The van der Waals surface area contributed by atoms with Crippen LogP contribution < -0.4 is 5.32 Å². The van der Waals surface area contributed by atoms with E-state index in [1.807, 2.05) is 41.8 Å². The Labute approximate surface area is 175 Å². The van der Waals surface area contributed by atoms with E-state index in [0.717, 1.165) is 38.8 Å². The Morgan fingerprint density at radius 2 is 1.80 bits per heavy atom. The fourth-order valence-corrected chi connectivity index (χ4v) is 3.96. The molecule has 0 saturated carbocycles. The number of hydrogen-bond donors (Lipinski definition) is 1. The first-order valence-corrected chi connectivity index (χ1v) is 10.2. The van der Waals surface area contributed by atoms with Gasteiger partial charge in [-0.1, -0.05) is 30.3 Å². The quantitative estimate of drug-likeness (QED) is 0.342. The number of nitrogens with one attached hydrogen (secondary N) is 1. The summed E-state index contributed by atoms with van der Waals surface area (Å²) >= 11 is 1.36. The zero-order valence-electron chi connectivity index (χ0n) is 15.6. The Morgan fingerprint density at radius 1 is 1.00 bits per heavy atom. The summed E-state index contributed by atoms with van der Waals surface area (Å²) in [5.74, 6) is -0.606. The second-order valence-corrected chi connectivity index (χ2v) is 7.58. The van der Waals surface area contributed by atoms with Gasteiger partial charge in [0.15, 0.2) is 5.13 Å². The number of nitrogens with zero attached hydrogens (tertiary/aromatic N) is 1. The van der Waals surface area contributed by atoms with Crippen molar-refractivity contribution in [3.63, 3.8) is 0 Å². The molecule has 0 radical (unpaired) electrons. The number of rotatable bonds is 4. The van der Waals surface area contributed by atoms with Crippen molar-refractivity contribution < 1.29 is 13.6 Å². The highest BCUT2D eigenvalue weighted by molar-refractivity contribution is 7.14. The maximum absolute atomic E-state index is 12.9. The summed E-state index contributed by atoms with van der Waals surface area (Å²) in [5, 5.41) is 7.27. The minimum atomic E-state index is -0.312. The molecule has 6 heteroatoms. The lowest BCUT2D eigenvalue weighted by Crippen LogP contribution is -2.07. The van der Waals surface area contributed by atoms with E-state index >= 15 is 0 Å². The zero-order chi connectivity index (χ0) is 20.5. The van der Waals surface area contributed by atoms with Crippen LogP contribution in [0.15, 0.2) is 82.6 Å². The van der Waals surface area contributed by atoms with Gasteiger partial charge in [-0.15, -0.1) is 11.3 Å². The molecule has 0 aliphatic carbocycles. The van der Waals surface area contributed by atoms with E-state index in [1.54, 1.807) is 18.2 Å². The summed E-state index contributed by atoms with van der Waals surface area (Å²) in [7, 11) is 0. The number of benzene rings is 3. The predicted octanol–water partition coefficient (Wildman–Crippen LogP) is 6.50. The van der Waals surface area contributed by atoms with Gasteiger partial charge in [0.2, 0.25) is 5.91 Å². The van der Waals surface area contributed by atoms with Crippen molar-refractivity contribution in [2.75, 3.05) is 5.32 Å². The van der Waals surface area contributed by atoms with Crippen LogP contribution in [-0.4, -0.2) is 10.9 Å². The number of aromatic nitrogens is 1. The molecule has 1 N–H and O–H groups in total. The Balaban J connectivity index is 1.35. The number of anilines is 1. The first-order valence-electron chi connectivity index (χ1n) is 9.27. The van der Waals surface area contributed by atoms with Crippen molar-refractivity contribution in [2.24, 2.45) is 0 Å². The molecule has 0 unspecified atom stereocenters. The van der Waals surface area contributed by atoms with E-state index < -0.39 is 0 Å². The van der Waals surface area contributed by atoms with Crippen molar-refractivity contribution in [3.05, 3.63) is 89.6 Å². The normalized spacial score (nSPS) is 11.5. The number of carbonyl (C=O) groups is 1. The minimum absolute atomic E-state index is 0.295. The molecule has 5 aromatic rings. The molecule has 3 aromatic carbocycles. The molecule has 146 valence electrons. The highest BCUT2D eigenvalue weighted by Gasteiger charge is 2.11. The van der Waals surface area contributed by atoms with Crippen molar-refractivity contribution in [3.8, 4) is 11.3 Å². The van der Waals surface area contributed by atoms with Crippen LogP contribution in [0.2, 0.25) is 0 Å². The van der Waals surface area contributed by atoms with Gasteiger partial charge in [0.25, 0.3) is 0 Å². The van der Waals surface area contributed by atoms with Gasteiger partial charge in [-0.2, -0.15) is 0 Å². The average Bonchev–Trinajstić information content (AvgIpc) is 3.37. The maximum Gasteiger partial charge on any atom is 0.250 e. The molecule has 0 atom stereocenters. The Kier molecular flexibility index (Phi) is 4.61. The molecule has 0 bridgehead atoms. The predicted molar refractivity (Wildman–Crippen MR) is 119 cm³/mol. The molecule has 30 heavy (non-hydrogen) atoms. The van der Waals surface area contributed by atoms with Crippen molar-refractivity contribution >= 4 is 50.4 Å². The Hall–Kier alpha value is -3.77. The van der Waals surface area contributed by atoms with Gasteiger partial charge >= 0.3 is 0 Å². The molecular formula is C24H15FN2O2S. The molecule has 2 aromatic heterocycles. The van der Waals surface area contributed by atoms with E-state index in [4.69, 9.17) is 4.42 Å². The van der Waals surface area contributed by atoms with E-state index in [9.17, 15) is 9.18 Å². The van der Waals surface area contributed by atoms with Crippen LogP contribution in [0, 0.1) is 5.82 Å². The highest BCUT2D eigenvalue weighted by atomic mass is 32.1. The summed E-state index contributed by atoms with van der Waals surface area (Å²) in [6.45, 7) is 0. The van der Waals surface area contributed by atoms with Crippen LogP contribution in [0.5, 0.6) is 0 Å². The number of furan rings is 1. The molecule has 5 rings (SSSR count). The van der Waals surface area contributed by atoms with Gasteiger partial charge in [0.1, 0.15) is 17.0 Å². The number of fused-ring (bicyclic) bond motifs is 3. The average molecular weight is 414 g/mol. The van der Waals surface area contributed by atoms with Gasteiger partial charge in [-0.05, 0) is 48.0 Å². The van der Waals surface area contributed by atoms with E-state index in [-0.39, 0.29) is 11.7 Å². The summed E-state index contributed by atoms with van der Waals surface area (Å²) in [4.78, 5) is 16.7. The number of amides is 1. The van der Waals surface area contributed by atoms with Gasteiger partial charge < -0.3 is 4.42 Å². The van der Waals surface area contributed by atoms with Crippen LogP contribution in [-0.2, 0) is 4.79 Å². The van der Waals surface area contributed by atoms with Crippen LogP contribution in [0.25, 0.3) is 39.3 Å². The van der Waals surface area contributed by atoms with Gasteiger partial charge in [0.05, 0.1) is 5.69 Å². The van der Waals surface area contributed by atoms with Gasteiger partial charge in [-0.25, -0.2) is 9.37 Å². The third-order valence-corrected chi connectivity index (χ3v) is 5.46. The fourth-order valence-electron chi connectivity index (χ4n) is 3.24. The molecule has 1 amide bonds. The monoisotopic (exact) mass is 414 g/mol. The number of thiazole rings is 1. The molecule has 0 aliphatic rings. The van der Waals surface area contributed by atoms with E-state index in [0.29, 0.717) is 5.13 Å². The first-order chi connectivity index (χ1) is 14.7. The smallest absolute Gasteiger partial charge is 0.250 e. The fraction of sp³-hybridized carbons (Fsp3) is 0. The lowest BCUT2D eigenvalue weighted by molar-refractivity contribution is -0.111. The Morgan fingerprint density at radius 3 is 2.67 bits per heavy atom. The summed E-state index contributed by atoms with van der Waals surface area (Å²) in [5.41, 5.74) is 4.16. The second-order valence-electron chi connectivity index (χ2n) is 6.72. The van der Waals surface area contributed by atoms with Crippen LogP contribution in [0.3, 0.4) is 0 Å². The third kappa shape index (κ3) is 3.60. The standard InChI is InChI=1S/C24H15FN2O2S/c25-17-9-5-15(6-10-17)7-12-23(28)27-24-26-20(14-30-24)16-8-11-22-19(13-16)18-3-1-2-4-21(18)29-22/h1-14H,(H,26,27,28)/b12-7+. The number of halogens is 1. The highest BCUT2D eigenvalue weighted by Crippen LogP contribution is 2.33. The lowest BCUT2D eigenvalue weighted by Gasteiger charge is -1.98. The van der Waals surface area contributed by atoms with Gasteiger partial charge in [-0.3, -0.25) is 10.1 Å². The van der Waals surface area contributed by atoms with E-state index in [2.05, 4.69) is 16.4 Å². The van der Waals surface area contributed by atoms with Crippen molar-refractivity contribution in [1.82, 2.24) is 4.98 Å². The Bertz CT molecular complexity index is 1400. The molecule has 0 aliphatic heterocycles.